The standard InChI is InChI=1S/C13H18N2O.C2H6/c1-5-12(4)14-15(9-16)13-7-6-10(2)11(3)8-13;1-2/h5-9,14H,1-4H3;1-2H3/b12-5-;. The van der Waals surface area contributed by atoms with E-state index in [-0.39, 0.29) is 0 Å². The average molecular weight is 248 g/mol. The molecule has 100 valence electrons. The first-order valence-electron chi connectivity index (χ1n) is 6.30. The molecule has 0 radical (unpaired) electrons. The highest BCUT2D eigenvalue weighted by molar-refractivity contribution is 5.74. The van der Waals surface area contributed by atoms with Crippen LogP contribution in [0, 0.1) is 13.8 Å². The van der Waals surface area contributed by atoms with E-state index >= 15 is 0 Å². The van der Waals surface area contributed by atoms with E-state index in [0.29, 0.717) is 0 Å². The number of aryl methyl sites for hydroxylation is 2. The van der Waals surface area contributed by atoms with Gasteiger partial charge in [0.2, 0.25) is 6.41 Å². The molecule has 1 amide bonds. The second-order valence-electron chi connectivity index (χ2n) is 3.83. The first kappa shape index (κ1) is 16.2. The number of hydrogen-bond acceptors (Lipinski definition) is 2. The van der Waals surface area contributed by atoms with Crippen LogP contribution in [0.3, 0.4) is 0 Å². The molecular weight excluding hydrogens is 224 g/mol. The monoisotopic (exact) mass is 248 g/mol. The largest absolute Gasteiger partial charge is 0.296 e. The van der Waals surface area contributed by atoms with Crippen molar-refractivity contribution < 1.29 is 4.79 Å². The molecule has 3 heteroatoms. The van der Waals surface area contributed by atoms with Gasteiger partial charge in [-0.1, -0.05) is 26.0 Å². The molecule has 0 atom stereocenters. The molecule has 0 aliphatic carbocycles. The van der Waals surface area contributed by atoms with Gasteiger partial charge < -0.3 is 0 Å². The summed E-state index contributed by atoms with van der Waals surface area (Å²) in [5, 5.41) is 1.47. The van der Waals surface area contributed by atoms with Gasteiger partial charge in [-0.15, -0.1) is 0 Å². The molecule has 1 aromatic rings. The summed E-state index contributed by atoms with van der Waals surface area (Å²) < 4.78 is 0. The lowest BCUT2D eigenvalue weighted by atomic mass is 10.1. The Morgan fingerprint density at radius 1 is 1.22 bits per heavy atom. The van der Waals surface area contributed by atoms with Gasteiger partial charge in [0.25, 0.3) is 0 Å². The zero-order valence-electron chi connectivity index (χ0n) is 12.2. The summed E-state index contributed by atoms with van der Waals surface area (Å²) in [6.45, 7) is 11.9. The van der Waals surface area contributed by atoms with Gasteiger partial charge in [0.1, 0.15) is 0 Å². The zero-order chi connectivity index (χ0) is 14.1. The fourth-order valence-corrected chi connectivity index (χ4v) is 1.28. The van der Waals surface area contributed by atoms with Crippen LogP contribution in [0.2, 0.25) is 0 Å². The Morgan fingerprint density at radius 3 is 2.28 bits per heavy atom. The van der Waals surface area contributed by atoms with E-state index in [2.05, 4.69) is 12.3 Å². The highest BCUT2D eigenvalue weighted by Gasteiger charge is 2.05. The minimum Gasteiger partial charge on any atom is -0.296 e. The van der Waals surface area contributed by atoms with Gasteiger partial charge >= 0.3 is 0 Å². The van der Waals surface area contributed by atoms with E-state index in [0.717, 1.165) is 17.8 Å². The molecule has 3 nitrogen and oxygen atoms in total. The van der Waals surface area contributed by atoms with Crippen molar-refractivity contribution in [3.05, 3.63) is 41.1 Å². The fraction of sp³-hybridized carbons (Fsp3) is 0.400. The van der Waals surface area contributed by atoms with E-state index in [9.17, 15) is 4.79 Å². The van der Waals surface area contributed by atoms with Crippen molar-refractivity contribution in [3.63, 3.8) is 0 Å². The molecule has 0 aliphatic heterocycles. The van der Waals surface area contributed by atoms with Crippen LogP contribution in [0.4, 0.5) is 5.69 Å². The van der Waals surface area contributed by atoms with Crippen molar-refractivity contribution in [1.82, 2.24) is 5.43 Å². The molecule has 1 N–H and O–H groups in total. The molecule has 0 unspecified atom stereocenters. The first-order chi connectivity index (χ1) is 8.58. The number of carbonyl (C=O) groups is 1. The van der Waals surface area contributed by atoms with E-state index < -0.39 is 0 Å². The van der Waals surface area contributed by atoms with Crippen molar-refractivity contribution >= 4 is 12.1 Å². The molecular formula is C15H24N2O. The highest BCUT2D eigenvalue weighted by atomic mass is 16.1. The molecule has 18 heavy (non-hydrogen) atoms. The smallest absolute Gasteiger partial charge is 0.232 e. The Morgan fingerprint density at radius 2 is 1.83 bits per heavy atom. The predicted octanol–water partition coefficient (Wildman–Crippen LogP) is 3.72. The number of anilines is 1. The molecule has 0 aliphatic rings. The van der Waals surface area contributed by atoms with Gasteiger partial charge in [-0.25, -0.2) is 5.01 Å². The van der Waals surface area contributed by atoms with Crippen LogP contribution in [0.15, 0.2) is 30.0 Å². The van der Waals surface area contributed by atoms with Gasteiger partial charge in [-0.05, 0) is 51.0 Å². The minimum atomic E-state index is 0.775. The summed E-state index contributed by atoms with van der Waals surface area (Å²) >= 11 is 0. The second-order valence-corrected chi connectivity index (χ2v) is 3.83. The fourth-order valence-electron chi connectivity index (χ4n) is 1.28. The topological polar surface area (TPSA) is 32.3 Å². The molecule has 0 aromatic heterocycles. The number of benzene rings is 1. The maximum Gasteiger partial charge on any atom is 0.232 e. The van der Waals surface area contributed by atoms with Crippen molar-refractivity contribution in [1.29, 1.82) is 0 Å². The van der Waals surface area contributed by atoms with Crippen LogP contribution in [0.25, 0.3) is 0 Å². The van der Waals surface area contributed by atoms with Gasteiger partial charge in [-0.3, -0.25) is 10.2 Å². The Bertz CT molecular complexity index is 411. The minimum absolute atomic E-state index is 0.775. The third-order valence-corrected chi connectivity index (χ3v) is 2.60. The van der Waals surface area contributed by atoms with Crippen LogP contribution >= 0.6 is 0 Å². The van der Waals surface area contributed by atoms with Crippen molar-refractivity contribution in [2.45, 2.75) is 41.5 Å². The molecule has 0 spiro atoms. The first-order valence-corrected chi connectivity index (χ1v) is 6.30. The number of nitrogens with zero attached hydrogens (tertiary/aromatic N) is 1. The maximum atomic E-state index is 11.0. The van der Waals surface area contributed by atoms with Crippen molar-refractivity contribution in [2.24, 2.45) is 0 Å². The van der Waals surface area contributed by atoms with Crippen molar-refractivity contribution in [3.8, 4) is 0 Å². The molecule has 0 saturated carbocycles. The quantitative estimate of drug-likeness (QED) is 0.650. The summed E-state index contributed by atoms with van der Waals surface area (Å²) in [4.78, 5) is 11.0. The number of amides is 1. The molecule has 0 fully saturated rings. The van der Waals surface area contributed by atoms with E-state index in [4.69, 9.17) is 0 Å². The van der Waals surface area contributed by atoms with E-state index in [1.54, 1.807) is 0 Å². The maximum absolute atomic E-state index is 11.0. The third kappa shape index (κ3) is 4.62. The van der Waals surface area contributed by atoms with Crippen molar-refractivity contribution in [2.75, 3.05) is 5.01 Å². The molecule has 1 aromatic carbocycles. The summed E-state index contributed by atoms with van der Waals surface area (Å²) in [5.41, 5.74) is 7.18. The Balaban J connectivity index is 0.00000137. The average Bonchev–Trinajstić information content (AvgIpc) is 2.41. The number of rotatable bonds is 4. The SMILES string of the molecule is C/C=C(/C)NN(C=O)c1ccc(C)c(C)c1.CC. The Kier molecular flexibility index (Phi) is 7.52. The lowest BCUT2D eigenvalue weighted by molar-refractivity contribution is -0.107. The summed E-state index contributed by atoms with van der Waals surface area (Å²) in [6, 6.07) is 5.92. The Labute approximate surface area is 110 Å². The molecule has 0 heterocycles. The summed E-state index contributed by atoms with van der Waals surface area (Å²) in [6.07, 6.45) is 2.69. The number of hydrazine groups is 1. The van der Waals surface area contributed by atoms with Crippen LogP contribution in [-0.2, 0) is 4.79 Å². The summed E-state index contributed by atoms with van der Waals surface area (Å²) in [7, 11) is 0. The molecule has 0 saturated heterocycles. The number of nitrogens with one attached hydrogen (secondary N) is 1. The lowest BCUT2D eigenvalue weighted by Crippen LogP contribution is -2.35. The molecule has 0 bridgehead atoms. The van der Waals surface area contributed by atoms with Crippen LogP contribution in [-0.4, -0.2) is 6.41 Å². The molecule has 1 rings (SSSR count). The third-order valence-electron chi connectivity index (χ3n) is 2.60. The number of hydrogen-bond donors (Lipinski definition) is 1. The lowest BCUT2D eigenvalue weighted by Gasteiger charge is -2.20. The number of allylic oxidation sites excluding steroid dienone is 2. The normalized spacial score (nSPS) is 10.2. The van der Waals surface area contributed by atoms with Crippen LogP contribution in [0.5, 0.6) is 0 Å². The van der Waals surface area contributed by atoms with Gasteiger partial charge in [-0.2, -0.15) is 0 Å². The van der Waals surface area contributed by atoms with Crippen LogP contribution < -0.4 is 10.4 Å². The predicted molar refractivity (Wildman–Crippen MR) is 78.4 cm³/mol. The number of carbonyl (C=O) groups excluding carboxylic acids is 1. The van der Waals surface area contributed by atoms with Gasteiger partial charge in [0.05, 0.1) is 5.69 Å². The van der Waals surface area contributed by atoms with Crippen LogP contribution in [0.1, 0.15) is 38.8 Å². The van der Waals surface area contributed by atoms with E-state index in [1.165, 1.54) is 16.1 Å². The van der Waals surface area contributed by atoms with Gasteiger partial charge in [0, 0.05) is 5.70 Å². The summed E-state index contributed by atoms with van der Waals surface area (Å²) in [5.74, 6) is 0. The Hall–Kier alpha value is -1.77. The van der Waals surface area contributed by atoms with E-state index in [1.807, 2.05) is 58.9 Å². The highest BCUT2D eigenvalue weighted by Crippen LogP contribution is 2.16. The zero-order valence-corrected chi connectivity index (χ0v) is 12.2. The second kappa shape index (κ2) is 8.34. The van der Waals surface area contributed by atoms with Gasteiger partial charge in [0.15, 0.2) is 0 Å².